The maximum Gasteiger partial charge on any atom is 0.0596 e. The second-order valence-corrected chi connectivity index (χ2v) is 4.79. The topological polar surface area (TPSA) is 45.1 Å². The summed E-state index contributed by atoms with van der Waals surface area (Å²) in [5, 5.41) is 11.9. The van der Waals surface area contributed by atoms with Gasteiger partial charge in [0.1, 0.15) is 0 Å². The van der Waals surface area contributed by atoms with Gasteiger partial charge in [0, 0.05) is 32.5 Å². The van der Waals surface area contributed by atoms with E-state index in [1.165, 1.54) is 32.2 Å². The Morgan fingerprint density at radius 2 is 2.19 bits per heavy atom. The summed E-state index contributed by atoms with van der Waals surface area (Å²) in [5.41, 5.74) is 0.954. The first-order valence-electron chi connectivity index (χ1n) is 6.42. The lowest BCUT2D eigenvalue weighted by Gasteiger charge is -2.27. The third kappa shape index (κ3) is 3.46. The standard InChI is InChI=1S/C12H22N2O2/c15-13-11-5-8-14(9-6-11)7-1-3-12-4-2-10-16-12/h12,15H,1-10H2. The van der Waals surface area contributed by atoms with Crippen LogP contribution in [-0.4, -0.2) is 48.2 Å². The molecule has 0 aliphatic carbocycles. The average molecular weight is 226 g/mol. The maximum absolute atomic E-state index is 8.65. The van der Waals surface area contributed by atoms with Gasteiger partial charge in [-0.3, -0.25) is 0 Å². The van der Waals surface area contributed by atoms with Gasteiger partial charge in [-0.25, -0.2) is 0 Å². The Kier molecular flexibility index (Phi) is 4.60. The van der Waals surface area contributed by atoms with Crippen LogP contribution in [0.15, 0.2) is 5.16 Å². The monoisotopic (exact) mass is 226 g/mol. The lowest BCUT2D eigenvalue weighted by atomic mass is 10.1. The number of nitrogens with zero attached hydrogens (tertiary/aromatic N) is 2. The fourth-order valence-corrected chi connectivity index (χ4v) is 2.55. The summed E-state index contributed by atoms with van der Waals surface area (Å²) in [6.07, 6.45) is 7.31. The Hall–Kier alpha value is -0.610. The maximum atomic E-state index is 8.65. The molecule has 1 unspecified atom stereocenters. The molecule has 0 aromatic heterocycles. The number of hydrogen-bond donors (Lipinski definition) is 1. The molecular formula is C12H22N2O2. The summed E-state index contributed by atoms with van der Waals surface area (Å²) in [4.78, 5) is 2.46. The molecule has 4 heteroatoms. The number of oxime groups is 1. The zero-order valence-electron chi connectivity index (χ0n) is 9.90. The van der Waals surface area contributed by atoms with Crippen LogP contribution >= 0.6 is 0 Å². The first-order chi connectivity index (χ1) is 7.88. The van der Waals surface area contributed by atoms with Crippen molar-refractivity contribution in [3.63, 3.8) is 0 Å². The molecule has 2 rings (SSSR count). The highest BCUT2D eigenvalue weighted by molar-refractivity contribution is 5.84. The number of rotatable bonds is 4. The Morgan fingerprint density at radius 1 is 1.38 bits per heavy atom. The van der Waals surface area contributed by atoms with Gasteiger partial charge in [0.25, 0.3) is 0 Å². The minimum Gasteiger partial charge on any atom is -0.411 e. The van der Waals surface area contributed by atoms with Crippen LogP contribution < -0.4 is 0 Å². The molecule has 2 saturated heterocycles. The highest BCUT2D eigenvalue weighted by Gasteiger charge is 2.17. The Labute approximate surface area is 97.3 Å². The summed E-state index contributed by atoms with van der Waals surface area (Å²) < 4.78 is 5.61. The molecular weight excluding hydrogens is 204 g/mol. The summed E-state index contributed by atoms with van der Waals surface area (Å²) in [6, 6.07) is 0. The van der Waals surface area contributed by atoms with Gasteiger partial charge >= 0.3 is 0 Å². The van der Waals surface area contributed by atoms with Crippen LogP contribution in [0.4, 0.5) is 0 Å². The predicted molar refractivity (Wildman–Crippen MR) is 63.1 cm³/mol. The van der Waals surface area contributed by atoms with Gasteiger partial charge in [0.15, 0.2) is 0 Å². The van der Waals surface area contributed by atoms with Crippen LogP contribution in [0.1, 0.15) is 38.5 Å². The van der Waals surface area contributed by atoms with E-state index >= 15 is 0 Å². The van der Waals surface area contributed by atoms with Gasteiger partial charge < -0.3 is 14.8 Å². The molecule has 0 radical (unpaired) electrons. The van der Waals surface area contributed by atoms with E-state index in [-0.39, 0.29) is 0 Å². The van der Waals surface area contributed by atoms with Gasteiger partial charge in [-0.1, -0.05) is 5.16 Å². The molecule has 2 heterocycles. The van der Waals surface area contributed by atoms with Crippen molar-refractivity contribution < 1.29 is 9.94 Å². The molecule has 4 nitrogen and oxygen atoms in total. The molecule has 2 aliphatic rings. The smallest absolute Gasteiger partial charge is 0.0596 e. The number of ether oxygens (including phenoxy) is 1. The molecule has 92 valence electrons. The Bertz CT molecular complexity index is 227. The highest BCUT2D eigenvalue weighted by Crippen LogP contribution is 2.17. The Morgan fingerprint density at radius 3 is 2.81 bits per heavy atom. The van der Waals surface area contributed by atoms with Crippen molar-refractivity contribution in [3.8, 4) is 0 Å². The van der Waals surface area contributed by atoms with Gasteiger partial charge in [-0.2, -0.15) is 0 Å². The second-order valence-electron chi connectivity index (χ2n) is 4.79. The first kappa shape index (κ1) is 11.9. The largest absolute Gasteiger partial charge is 0.411 e. The van der Waals surface area contributed by atoms with E-state index in [0.717, 1.165) is 38.2 Å². The lowest BCUT2D eigenvalue weighted by Crippen LogP contribution is -2.34. The molecule has 16 heavy (non-hydrogen) atoms. The highest BCUT2D eigenvalue weighted by atomic mass is 16.5. The van der Waals surface area contributed by atoms with E-state index in [1.807, 2.05) is 0 Å². The normalized spacial score (nSPS) is 27.2. The van der Waals surface area contributed by atoms with Crippen LogP contribution in [0.5, 0.6) is 0 Å². The van der Waals surface area contributed by atoms with Crippen LogP contribution in [0, 0.1) is 0 Å². The summed E-state index contributed by atoms with van der Waals surface area (Å²) in [5.74, 6) is 0. The quantitative estimate of drug-likeness (QED) is 0.588. The van der Waals surface area contributed by atoms with E-state index in [2.05, 4.69) is 10.1 Å². The SMILES string of the molecule is ON=C1CCN(CCCC2CCCO2)CC1. The average Bonchev–Trinajstić information content (AvgIpc) is 2.83. The van der Waals surface area contributed by atoms with E-state index < -0.39 is 0 Å². The number of hydrogen-bond acceptors (Lipinski definition) is 4. The molecule has 2 aliphatic heterocycles. The zero-order chi connectivity index (χ0) is 11.2. The fourth-order valence-electron chi connectivity index (χ4n) is 2.55. The molecule has 0 amide bonds. The molecule has 2 fully saturated rings. The van der Waals surface area contributed by atoms with E-state index in [4.69, 9.17) is 9.94 Å². The van der Waals surface area contributed by atoms with Gasteiger partial charge in [0.05, 0.1) is 11.8 Å². The molecule has 1 atom stereocenters. The number of likely N-dealkylation sites (tertiary alicyclic amines) is 1. The molecule has 0 aromatic carbocycles. The van der Waals surface area contributed by atoms with Crippen molar-refractivity contribution in [2.45, 2.75) is 44.6 Å². The van der Waals surface area contributed by atoms with Crippen molar-refractivity contribution >= 4 is 5.71 Å². The molecule has 0 saturated carbocycles. The van der Waals surface area contributed by atoms with Crippen LogP contribution in [-0.2, 0) is 4.74 Å². The van der Waals surface area contributed by atoms with Crippen molar-refractivity contribution in [3.05, 3.63) is 0 Å². The minimum atomic E-state index is 0.527. The fraction of sp³-hybridized carbons (Fsp3) is 0.917. The van der Waals surface area contributed by atoms with E-state index in [0.29, 0.717) is 6.10 Å². The predicted octanol–water partition coefficient (Wildman–Crippen LogP) is 1.87. The third-order valence-corrected chi connectivity index (χ3v) is 3.60. The summed E-state index contributed by atoms with van der Waals surface area (Å²) in [6.45, 7) is 4.22. The van der Waals surface area contributed by atoms with Gasteiger partial charge in [-0.05, 0) is 32.2 Å². The van der Waals surface area contributed by atoms with Gasteiger partial charge in [-0.15, -0.1) is 0 Å². The molecule has 0 aromatic rings. The number of piperidine rings is 1. The van der Waals surface area contributed by atoms with E-state index in [1.54, 1.807) is 0 Å². The molecule has 1 N–H and O–H groups in total. The van der Waals surface area contributed by atoms with Crippen molar-refractivity contribution in [1.82, 2.24) is 4.90 Å². The van der Waals surface area contributed by atoms with Crippen molar-refractivity contribution in [2.24, 2.45) is 5.16 Å². The van der Waals surface area contributed by atoms with Gasteiger partial charge in [0.2, 0.25) is 0 Å². The van der Waals surface area contributed by atoms with Crippen molar-refractivity contribution in [2.75, 3.05) is 26.2 Å². The van der Waals surface area contributed by atoms with Crippen molar-refractivity contribution in [1.29, 1.82) is 0 Å². The van der Waals surface area contributed by atoms with E-state index in [9.17, 15) is 0 Å². The Balaban J connectivity index is 1.56. The zero-order valence-corrected chi connectivity index (χ0v) is 9.90. The summed E-state index contributed by atoms with van der Waals surface area (Å²) in [7, 11) is 0. The summed E-state index contributed by atoms with van der Waals surface area (Å²) >= 11 is 0. The molecule has 0 spiro atoms. The van der Waals surface area contributed by atoms with Crippen LogP contribution in [0.25, 0.3) is 0 Å². The second kappa shape index (κ2) is 6.21. The van der Waals surface area contributed by atoms with Crippen LogP contribution in [0.2, 0.25) is 0 Å². The minimum absolute atomic E-state index is 0.527. The van der Waals surface area contributed by atoms with Crippen LogP contribution in [0.3, 0.4) is 0 Å². The lowest BCUT2D eigenvalue weighted by molar-refractivity contribution is 0.0986. The first-order valence-corrected chi connectivity index (χ1v) is 6.42. The third-order valence-electron chi connectivity index (χ3n) is 3.60. The molecule has 0 bridgehead atoms.